The monoisotopic (exact) mass is 474 g/mol. The molecule has 1 atom stereocenters. The van der Waals surface area contributed by atoms with Crippen molar-refractivity contribution in [1.82, 2.24) is 4.90 Å². The van der Waals surface area contributed by atoms with Gasteiger partial charge in [0.1, 0.15) is 12.4 Å². The van der Waals surface area contributed by atoms with Crippen molar-refractivity contribution >= 4 is 23.7 Å². The van der Waals surface area contributed by atoms with Crippen LogP contribution in [0.4, 0.5) is 14.9 Å². The van der Waals surface area contributed by atoms with E-state index in [1.807, 2.05) is 48.5 Å². The van der Waals surface area contributed by atoms with Crippen LogP contribution in [0.5, 0.6) is 0 Å². The number of carbonyl (C=O) groups is 3. The summed E-state index contributed by atoms with van der Waals surface area (Å²) in [6.07, 6.45) is -0.390. The van der Waals surface area contributed by atoms with Crippen molar-refractivity contribution in [1.29, 1.82) is 0 Å². The van der Waals surface area contributed by atoms with E-state index >= 15 is 0 Å². The number of carbonyl (C=O) groups excluding carboxylic acids is 2. The molecule has 0 spiro atoms. The normalized spacial score (nSPS) is 16.5. The minimum absolute atomic E-state index is 0.0490. The molecule has 0 saturated carbocycles. The molecule has 0 bridgehead atoms. The van der Waals surface area contributed by atoms with Crippen molar-refractivity contribution in [3.05, 3.63) is 89.2 Å². The minimum Gasteiger partial charge on any atom is -0.481 e. The summed E-state index contributed by atoms with van der Waals surface area (Å²) >= 11 is 0. The highest BCUT2D eigenvalue weighted by molar-refractivity contribution is 5.96. The molecule has 5 rings (SSSR count). The second-order valence-electron chi connectivity index (χ2n) is 8.72. The fourth-order valence-electron chi connectivity index (χ4n) is 4.84. The molecular formula is C27H23FN2O5. The Morgan fingerprint density at radius 1 is 1.00 bits per heavy atom. The molecule has 2 aliphatic rings. The zero-order valence-electron chi connectivity index (χ0n) is 18.7. The molecule has 1 unspecified atom stereocenters. The summed E-state index contributed by atoms with van der Waals surface area (Å²) in [5.41, 5.74) is 4.39. The highest BCUT2D eigenvalue weighted by Crippen LogP contribution is 2.44. The maximum Gasteiger partial charge on any atom is 0.411 e. The van der Waals surface area contributed by atoms with Gasteiger partial charge in [0.05, 0.1) is 11.5 Å². The number of aliphatic carboxylic acids is 1. The van der Waals surface area contributed by atoms with Crippen molar-refractivity contribution in [2.75, 3.05) is 25.0 Å². The number of ether oxygens (including phenoxy) is 1. The van der Waals surface area contributed by atoms with Crippen LogP contribution >= 0.6 is 0 Å². The van der Waals surface area contributed by atoms with Gasteiger partial charge in [-0.3, -0.25) is 14.9 Å². The van der Waals surface area contributed by atoms with Crippen LogP contribution in [0.25, 0.3) is 11.1 Å². The number of rotatable bonds is 5. The number of hydrogen-bond acceptors (Lipinski definition) is 4. The zero-order chi connectivity index (χ0) is 24.5. The number of amides is 2. The highest BCUT2D eigenvalue weighted by atomic mass is 19.1. The predicted octanol–water partition coefficient (Wildman–Crippen LogP) is 4.73. The average molecular weight is 474 g/mol. The number of carboxylic acid groups (broad SMARTS) is 1. The van der Waals surface area contributed by atoms with Crippen LogP contribution in [0.2, 0.25) is 0 Å². The number of benzene rings is 3. The molecule has 1 aliphatic carbocycles. The van der Waals surface area contributed by atoms with Gasteiger partial charge in [0.2, 0.25) is 0 Å². The van der Waals surface area contributed by atoms with E-state index in [0.717, 1.165) is 28.3 Å². The van der Waals surface area contributed by atoms with Gasteiger partial charge in [0.15, 0.2) is 0 Å². The quantitative estimate of drug-likeness (QED) is 0.557. The van der Waals surface area contributed by atoms with Crippen LogP contribution in [0.15, 0.2) is 66.7 Å². The third-order valence-corrected chi connectivity index (χ3v) is 6.61. The number of carboxylic acids is 1. The molecule has 1 saturated heterocycles. The van der Waals surface area contributed by atoms with Gasteiger partial charge in [0, 0.05) is 24.7 Å². The first-order valence-corrected chi connectivity index (χ1v) is 11.4. The number of anilines is 1. The molecule has 2 N–H and O–H groups in total. The standard InChI is InChI=1S/C27H23FN2O5/c28-24-13-17(9-10-22(24)25(31)30-12-11-16(14-30)26(32)33)29-27(34)35-15-23-20-7-3-1-5-18(20)19-6-2-4-8-21(19)23/h1-10,13,16,23H,11-12,14-15H2,(H,29,34)(H,32,33). The fourth-order valence-corrected chi connectivity index (χ4v) is 4.84. The highest BCUT2D eigenvalue weighted by Gasteiger charge is 2.32. The van der Waals surface area contributed by atoms with E-state index in [9.17, 15) is 18.8 Å². The average Bonchev–Trinajstić information content (AvgIpc) is 3.46. The molecule has 3 aromatic carbocycles. The summed E-state index contributed by atoms with van der Waals surface area (Å²) in [7, 11) is 0. The van der Waals surface area contributed by atoms with E-state index in [2.05, 4.69) is 5.32 Å². The van der Waals surface area contributed by atoms with Gasteiger partial charge in [-0.05, 0) is 46.9 Å². The summed E-state index contributed by atoms with van der Waals surface area (Å²) in [6, 6.07) is 19.7. The topological polar surface area (TPSA) is 95.9 Å². The van der Waals surface area contributed by atoms with Gasteiger partial charge in [-0.1, -0.05) is 48.5 Å². The zero-order valence-corrected chi connectivity index (χ0v) is 18.7. The van der Waals surface area contributed by atoms with E-state index in [0.29, 0.717) is 6.42 Å². The van der Waals surface area contributed by atoms with Gasteiger partial charge in [0.25, 0.3) is 5.91 Å². The van der Waals surface area contributed by atoms with E-state index in [4.69, 9.17) is 9.84 Å². The Bertz CT molecular complexity index is 1280. The third kappa shape index (κ3) is 4.35. The van der Waals surface area contributed by atoms with Gasteiger partial charge < -0.3 is 14.7 Å². The minimum atomic E-state index is -0.969. The van der Waals surface area contributed by atoms with Gasteiger partial charge in [-0.15, -0.1) is 0 Å². The molecule has 1 aliphatic heterocycles. The van der Waals surface area contributed by atoms with Crippen LogP contribution in [0, 0.1) is 11.7 Å². The summed E-state index contributed by atoms with van der Waals surface area (Å²) in [5.74, 6) is -3.08. The molecule has 7 nitrogen and oxygen atoms in total. The lowest BCUT2D eigenvalue weighted by atomic mass is 9.98. The maximum atomic E-state index is 14.7. The lowest BCUT2D eigenvalue weighted by molar-refractivity contribution is -0.141. The van der Waals surface area contributed by atoms with Crippen molar-refractivity contribution in [2.45, 2.75) is 12.3 Å². The molecule has 3 aromatic rings. The second-order valence-corrected chi connectivity index (χ2v) is 8.72. The third-order valence-electron chi connectivity index (χ3n) is 6.61. The Balaban J connectivity index is 1.22. The largest absolute Gasteiger partial charge is 0.481 e. The summed E-state index contributed by atoms with van der Waals surface area (Å²) < 4.78 is 20.1. The second kappa shape index (κ2) is 9.21. The summed E-state index contributed by atoms with van der Waals surface area (Å²) in [4.78, 5) is 37.5. The number of fused-ring (bicyclic) bond motifs is 3. The van der Waals surface area contributed by atoms with Crippen LogP contribution in [0.3, 0.4) is 0 Å². The Morgan fingerprint density at radius 3 is 2.26 bits per heavy atom. The van der Waals surface area contributed by atoms with Crippen molar-refractivity contribution in [2.24, 2.45) is 5.92 Å². The van der Waals surface area contributed by atoms with Gasteiger partial charge in [-0.25, -0.2) is 9.18 Å². The fraction of sp³-hybridized carbons (Fsp3) is 0.222. The molecule has 1 heterocycles. The number of nitrogens with zero attached hydrogens (tertiary/aromatic N) is 1. The number of halogens is 1. The molecule has 2 amide bonds. The van der Waals surface area contributed by atoms with Crippen molar-refractivity contribution in [3.8, 4) is 11.1 Å². The van der Waals surface area contributed by atoms with E-state index in [1.54, 1.807) is 0 Å². The van der Waals surface area contributed by atoms with Crippen LogP contribution in [-0.2, 0) is 9.53 Å². The summed E-state index contributed by atoms with van der Waals surface area (Å²) in [5, 5.41) is 11.6. The number of likely N-dealkylation sites (tertiary alicyclic amines) is 1. The van der Waals surface area contributed by atoms with E-state index in [1.165, 1.54) is 17.0 Å². The van der Waals surface area contributed by atoms with Crippen molar-refractivity contribution in [3.63, 3.8) is 0 Å². The SMILES string of the molecule is O=C(Nc1ccc(C(=O)N2CCC(C(=O)O)C2)c(F)c1)OCC1c2ccccc2-c2ccccc21. The maximum absolute atomic E-state index is 14.7. The lowest BCUT2D eigenvalue weighted by Gasteiger charge is -2.17. The van der Waals surface area contributed by atoms with E-state index in [-0.39, 0.29) is 36.9 Å². The first-order chi connectivity index (χ1) is 16.9. The van der Waals surface area contributed by atoms with Crippen molar-refractivity contribution < 1.29 is 28.6 Å². The van der Waals surface area contributed by atoms with Crippen LogP contribution in [0.1, 0.15) is 33.8 Å². The molecule has 8 heteroatoms. The van der Waals surface area contributed by atoms with Crippen LogP contribution < -0.4 is 5.32 Å². The smallest absolute Gasteiger partial charge is 0.411 e. The molecular weight excluding hydrogens is 451 g/mol. The Labute approximate surface area is 201 Å². The Morgan fingerprint density at radius 2 is 1.66 bits per heavy atom. The van der Waals surface area contributed by atoms with Gasteiger partial charge >= 0.3 is 12.1 Å². The number of nitrogens with one attached hydrogen (secondary N) is 1. The molecule has 0 radical (unpaired) electrons. The molecule has 35 heavy (non-hydrogen) atoms. The van der Waals surface area contributed by atoms with E-state index < -0.39 is 29.7 Å². The Hall–Kier alpha value is -4.20. The molecule has 178 valence electrons. The predicted molar refractivity (Wildman–Crippen MR) is 127 cm³/mol. The summed E-state index contributed by atoms with van der Waals surface area (Å²) in [6.45, 7) is 0.432. The lowest BCUT2D eigenvalue weighted by Crippen LogP contribution is -2.30. The van der Waals surface area contributed by atoms with Gasteiger partial charge in [-0.2, -0.15) is 0 Å². The first-order valence-electron chi connectivity index (χ1n) is 11.4. The molecule has 1 fully saturated rings. The number of hydrogen-bond donors (Lipinski definition) is 2. The first kappa shape index (κ1) is 22.6. The molecule has 0 aromatic heterocycles. The van der Waals surface area contributed by atoms with Crippen LogP contribution in [-0.4, -0.2) is 47.7 Å². The Kier molecular flexibility index (Phi) is 5.94.